The maximum absolute atomic E-state index is 12.5. The van der Waals surface area contributed by atoms with Gasteiger partial charge < -0.3 is 13.8 Å². The van der Waals surface area contributed by atoms with Gasteiger partial charge in [-0.15, -0.1) is 0 Å². The molecular formula is C19H22N4O4. The zero-order chi connectivity index (χ0) is 18.8. The van der Waals surface area contributed by atoms with E-state index in [0.717, 1.165) is 30.1 Å². The number of hydrogen-bond acceptors (Lipinski definition) is 6. The van der Waals surface area contributed by atoms with Crippen LogP contribution in [0.2, 0.25) is 0 Å². The number of nitrogens with zero attached hydrogens (tertiary/aromatic N) is 4. The van der Waals surface area contributed by atoms with Crippen molar-refractivity contribution in [3.05, 3.63) is 52.3 Å². The number of fused-ring (bicyclic) bond motifs is 1. The molecule has 1 aromatic carbocycles. The van der Waals surface area contributed by atoms with Gasteiger partial charge in [0.2, 0.25) is 5.91 Å². The number of hydrogen-bond donors (Lipinski definition) is 0. The van der Waals surface area contributed by atoms with Gasteiger partial charge in [0.25, 0.3) is 0 Å². The number of para-hydroxylation sites is 2. The fourth-order valence-electron chi connectivity index (χ4n) is 3.46. The largest absolute Gasteiger partial charge is 0.419 e. The lowest BCUT2D eigenvalue weighted by molar-refractivity contribution is -0.133. The predicted octanol–water partition coefficient (Wildman–Crippen LogP) is 1.63. The summed E-state index contributed by atoms with van der Waals surface area (Å²) >= 11 is 0. The van der Waals surface area contributed by atoms with Crippen LogP contribution in [0.25, 0.3) is 11.1 Å². The van der Waals surface area contributed by atoms with Crippen LogP contribution in [0.1, 0.15) is 17.9 Å². The van der Waals surface area contributed by atoms with Gasteiger partial charge >= 0.3 is 5.76 Å². The van der Waals surface area contributed by atoms with Crippen LogP contribution in [0.3, 0.4) is 0 Å². The van der Waals surface area contributed by atoms with Crippen LogP contribution >= 0.6 is 0 Å². The quantitative estimate of drug-likeness (QED) is 0.679. The molecule has 1 amide bonds. The molecule has 0 saturated carbocycles. The molecule has 1 fully saturated rings. The Balaban J connectivity index is 1.30. The Bertz CT molecular complexity index is 994. The van der Waals surface area contributed by atoms with Crippen molar-refractivity contribution in [2.24, 2.45) is 0 Å². The summed E-state index contributed by atoms with van der Waals surface area (Å²) in [5.74, 6) is 0.483. The zero-order valence-corrected chi connectivity index (χ0v) is 15.3. The summed E-state index contributed by atoms with van der Waals surface area (Å²) in [6.07, 6.45) is 0.282. The fourth-order valence-corrected chi connectivity index (χ4v) is 3.46. The van der Waals surface area contributed by atoms with E-state index >= 15 is 0 Å². The topological polar surface area (TPSA) is 84.7 Å². The van der Waals surface area contributed by atoms with Crippen LogP contribution in [-0.4, -0.2) is 51.6 Å². The van der Waals surface area contributed by atoms with E-state index in [9.17, 15) is 9.59 Å². The minimum atomic E-state index is -0.420. The second kappa shape index (κ2) is 7.40. The molecule has 0 radical (unpaired) electrons. The number of aromatic nitrogens is 2. The van der Waals surface area contributed by atoms with Gasteiger partial charge in [-0.2, -0.15) is 0 Å². The van der Waals surface area contributed by atoms with Gasteiger partial charge in [0.15, 0.2) is 11.3 Å². The maximum Gasteiger partial charge on any atom is 0.419 e. The molecule has 142 valence electrons. The van der Waals surface area contributed by atoms with E-state index in [1.165, 1.54) is 4.57 Å². The standard InChI is InChI=1S/C19H22N4O4/c1-14-12-15(27-20-14)13-21-8-10-22(11-9-21)18(24)6-7-23-16-4-2-3-5-17(16)26-19(23)25/h2-5,12H,6-11,13H2,1H3. The number of piperazine rings is 1. The van der Waals surface area contributed by atoms with Crippen molar-refractivity contribution in [1.29, 1.82) is 0 Å². The van der Waals surface area contributed by atoms with E-state index < -0.39 is 5.76 Å². The highest BCUT2D eigenvalue weighted by atomic mass is 16.5. The Morgan fingerprint density at radius 3 is 2.70 bits per heavy atom. The summed E-state index contributed by atoms with van der Waals surface area (Å²) in [7, 11) is 0. The molecule has 2 aromatic heterocycles. The highest BCUT2D eigenvalue weighted by molar-refractivity contribution is 5.77. The summed E-state index contributed by atoms with van der Waals surface area (Å²) in [6.45, 7) is 5.86. The molecule has 8 nitrogen and oxygen atoms in total. The lowest BCUT2D eigenvalue weighted by Gasteiger charge is -2.34. The lowest BCUT2D eigenvalue weighted by atomic mass is 10.2. The average Bonchev–Trinajstić information content (AvgIpc) is 3.22. The molecule has 1 saturated heterocycles. The highest BCUT2D eigenvalue weighted by Crippen LogP contribution is 2.14. The van der Waals surface area contributed by atoms with Crippen molar-refractivity contribution in [3.63, 3.8) is 0 Å². The molecule has 3 aromatic rings. The first-order valence-electron chi connectivity index (χ1n) is 9.11. The van der Waals surface area contributed by atoms with Crippen LogP contribution in [0, 0.1) is 6.92 Å². The van der Waals surface area contributed by atoms with Crippen LogP contribution in [0.15, 0.2) is 44.1 Å². The number of carbonyl (C=O) groups excluding carboxylic acids is 1. The second-order valence-corrected chi connectivity index (χ2v) is 6.83. The van der Waals surface area contributed by atoms with Crippen molar-refractivity contribution in [2.75, 3.05) is 26.2 Å². The fraction of sp³-hybridized carbons (Fsp3) is 0.421. The maximum atomic E-state index is 12.5. The van der Waals surface area contributed by atoms with Crippen molar-refractivity contribution in [3.8, 4) is 0 Å². The smallest absolute Gasteiger partial charge is 0.408 e. The summed E-state index contributed by atoms with van der Waals surface area (Å²) < 4.78 is 12.0. The number of carbonyl (C=O) groups is 1. The molecule has 1 aliphatic heterocycles. The Morgan fingerprint density at radius 1 is 1.19 bits per heavy atom. The number of rotatable bonds is 5. The van der Waals surface area contributed by atoms with Crippen LogP contribution in [0.5, 0.6) is 0 Å². The van der Waals surface area contributed by atoms with Crippen LogP contribution < -0.4 is 5.76 Å². The summed E-state index contributed by atoms with van der Waals surface area (Å²) in [5, 5.41) is 3.90. The van der Waals surface area contributed by atoms with Crippen molar-refractivity contribution in [2.45, 2.75) is 26.4 Å². The van der Waals surface area contributed by atoms with Gasteiger partial charge in [-0.3, -0.25) is 14.3 Å². The molecular weight excluding hydrogens is 348 g/mol. The molecule has 4 rings (SSSR count). The Labute approximate surface area is 155 Å². The second-order valence-electron chi connectivity index (χ2n) is 6.83. The van der Waals surface area contributed by atoms with Crippen molar-refractivity contribution >= 4 is 17.0 Å². The van der Waals surface area contributed by atoms with Gasteiger partial charge in [0, 0.05) is 45.2 Å². The third kappa shape index (κ3) is 3.80. The van der Waals surface area contributed by atoms with Crippen LogP contribution in [-0.2, 0) is 17.9 Å². The van der Waals surface area contributed by atoms with E-state index in [0.29, 0.717) is 31.8 Å². The summed E-state index contributed by atoms with van der Waals surface area (Å²) in [5.41, 5.74) is 2.15. The number of benzene rings is 1. The Morgan fingerprint density at radius 2 is 1.96 bits per heavy atom. The SMILES string of the molecule is Cc1cc(CN2CCN(C(=O)CCn3c(=O)oc4ccccc43)CC2)on1. The first-order chi connectivity index (χ1) is 13.1. The predicted molar refractivity (Wildman–Crippen MR) is 98.2 cm³/mol. The van der Waals surface area contributed by atoms with E-state index in [-0.39, 0.29) is 12.3 Å². The van der Waals surface area contributed by atoms with Gasteiger partial charge in [-0.05, 0) is 19.1 Å². The molecule has 0 spiro atoms. The molecule has 1 aliphatic rings. The molecule has 8 heteroatoms. The Kier molecular flexibility index (Phi) is 4.81. The van der Waals surface area contributed by atoms with Gasteiger partial charge in [-0.1, -0.05) is 17.3 Å². The number of amides is 1. The monoisotopic (exact) mass is 370 g/mol. The summed E-state index contributed by atoms with van der Waals surface area (Å²) in [4.78, 5) is 28.6. The normalized spacial score (nSPS) is 15.5. The molecule has 0 unspecified atom stereocenters. The van der Waals surface area contributed by atoms with Crippen LogP contribution in [0.4, 0.5) is 0 Å². The van der Waals surface area contributed by atoms with Crippen molar-refractivity contribution in [1.82, 2.24) is 19.5 Å². The zero-order valence-electron chi connectivity index (χ0n) is 15.3. The molecule has 3 heterocycles. The van der Waals surface area contributed by atoms with E-state index in [1.807, 2.05) is 36.1 Å². The summed E-state index contributed by atoms with van der Waals surface area (Å²) in [6, 6.07) is 9.19. The van der Waals surface area contributed by atoms with Crippen molar-refractivity contribution < 1.29 is 13.7 Å². The first kappa shape index (κ1) is 17.5. The average molecular weight is 370 g/mol. The van der Waals surface area contributed by atoms with Gasteiger partial charge in [0.1, 0.15) is 0 Å². The molecule has 0 bridgehead atoms. The first-order valence-corrected chi connectivity index (χ1v) is 9.11. The van der Waals surface area contributed by atoms with E-state index in [4.69, 9.17) is 8.94 Å². The van der Waals surface area contributed by atoms with Gasteiger partial charge in [-0.25, -0.2) is 4.79 Å². The number of aryl methyl sites for hydroxylation is 2. The third-order valence-corrected chi connectivity index (χ3v) is 4.90. The molecule has 0 N–H and O–H groups in total. The highest BCUT2D eigenvalue weighted by Gasteiger charge is 2.22. The molecule has 27 heavy (non-hydrogen) atoms. The lowest BCUT2D eigenvalue weighted by Crippen LogP contribution is -2.48. The van der Waals surface area contributed by atoms with E-state index in [2.05, 4.69) is 10.1 Å². The third-order valence-electron chi connectivity index (χ3n) is 4.90. The molecule has 0 atom stereocenters. The Hall–Kier alpha value is -2.87. The van der Waals surface area contributed by atoms with Gasteiger partial charge in [0.05, 0.1) is 17.8 Å². The number of oxazole rings is 1. The van der Waals surface area contributed by atoms with E-state index in [1.54, 1.807) is 6.07 Å². The molecule has 0 aliphatic carbocycles. The minimum absolute atomic E-state index is 0.0577. The minimum Gasteiger partial charge on any atom is -0.408 e.